The Hall–Kier alpha value is -0.513. The third kappa shape index (κ3) is 5.01. The van der Waals surface area contributed by atoms with Gasteiger partial charge in [-0.05, 0) is 43.8 Å². The number of hydrogen-bond donors (Lipinski definition) is 1. The minimum Gasteiger partial charge on any atom is -0.544 e. The second kappa shape index (κ2) is 6.28. The van der Waals surface area contributed by atoms with Crippen molar-refractivity contribution < 1.29 is 4.43 Å². The molecule has 0 amide bonds. The molecule has 0 saturated carbocycles. The molecule has 0 aliphatic heterocycles. The van der Waals surface area contributed by atoms with Gasteiger partial charge in [0.1, 0.15) is 5.75 Å². The Morgan fingerprint density at radius 3 is 2.06 bits per heavy atom. The Bertz CT molecular complexity index is 308. The van der Waals surface area contributed by atoms with E-state index in [2.05, 4.69) is 38.7 Å². The van der Waals surface area contributed by atoms with Crippen molar-refractivity contribution >= 4 is 20.7 Å². The fraction of sp³-hybridized carbons (Fsp3) is 0.500. The number of hydrogen-bond acceptors (Lipinski definition) is 2. The molecule has 2 nitrogen and oxygen atoms in total. The van der Waals surface area contributed by atoms with Crippen LogP contribution < -0.4 is 10.2 Å². The van der Waals surface area contributed by atoms with Gasteiger partial charge in [-0.2, -0.15) is 0 Å². The van der Waals surface area contributed by atoms with E-state index in [0.717, 1.165) is 12.2 Å². The van der Waals surface area contributed by atoms with Crippen LogP contribution in [0.1, 0.15) is 24.9 Å². The molecule has 0 unspecified atom stereocenters. The van der Waals surface area contributed by atoms with Crippen molar-refractivity contribution in [2.45, 2.75) is 39.0 Å². The highest BCUT2D eigenvalue weighted by Gasteiger charge is 2.16. The lowest BCUT2D eigenvalue weighted by atomic mass is 10.1. The maximum Gasteiger partial charge on any atom is 0.242 e. The van der Waals surface area contributed by atoms with Crippen LogP contribution in [-0.4, -0.2) is 8.32 Å². The summed E-state index contributed by atoms with van der Waals surface area (Å²) < 4.78 is 5.87. The van der Waals surface area contributed by atoms with E-state index in [9.17, 15) is 0 Å². The number of benzene rings is 1. The molecule has 1 aromatic rings. The van der Waals surface area contributed by atoms with Crippen molar-refractivity contribution in [3.63, 3.8) is 0 Å². The monoisotopic (exact) mass is 259 g/mol. The highest BCUT2D eigenvalue weighted by Crippen LogP contribution is 2.20. The third-order valence-corrected chi connectivity index (χ3v) is 3.02. The van der Waals surface area contributed by atoms with E-state index in [1.54, 1.807) is 0 Å². The molecule has 4 heteroatoms. The van der Waals surface area contributed by atoms with Gasteiger partial charge in [-0.1, -0.05) is 19.1 Å². The summed E-state index contributed by atoms with van der Waals surface area (Å²) in [7, 11) is -1.48. The van der Waals surface area contributed by atoms with Crippen molar-refractivity contribution in [3.8, 4) is 5.75 Å². The molecule has 0 radical (unpaired) electrons. The third-order valence-electron chi connectivity index (χ3n) is 2.17. The van der Waals surface area contributed by atoms with Crippen LogP contribution in [0.4, 0.5) is 0 Å². The van der Waals surface area contributed by atoms with Gasteiger partial charge < -0.3 is 10.2 Å². The maximum absolute atomic E-state index is 5.94. The Morgan fingerprint density at radius 2 is 1.69 bits per heavy atom. The van der Waals surface area contributed by atoms with E-state index in [1.807, 2.05) is 12.1 Å². The summed E-state index contributed by atoms with van der Waals surface area (Å²) in [6.45, 7) is 8.63. The lowest BCUT2D eigenvalue weighted by molar-refractivity contribution is 0.556. The van der Waals surface area contributed by atoms with Gasteiger partial charge in [-0.15, -0.1) is 12.4 Å². The SMILES string of the molecule is CC[C@H](N)c1ccc(O[Si](C)(C)C)cc1.Cl. The van der Waals surface area contributed by atoms with E-state index in [1.165, 1.54) is 5.56 Å². The van der Waals surface area contributed by atoms with Crippen molar-refractivity contribution in [2.75, 3.05) is 0 Å². The van der Waals surface area contributed by atoms with Crippen LogP contribution in [0.5, 0.6) is 5.75 Å². The molecule has 92 valence electrons. The summed E-state index contributed by atoms with van der Waals surface area (Å²) in [5.41, 5.74) is 7.12. The molecule has 0 aromatic heterocycles. The maximum atomic E-state index is 5.94. The Balaban J connectivity index is 0.00000225. The molecule has 1 rings (SSSR count). The van der Waals surface area contributed by atoms with Crippen LogP contribution in [0.15, 0.2) is 24.3 Å². The van der Waals surface area contributed by atoms with E-state index in [4.69, 9.17) is 10.2 Å². The zero-order chi connectivity index (χ0) is 11.5. The van der Waals surface area contributed by atoms with Gasteiger partial charge in [-0.25, -0.2) is 0 Å². The average Bonchev–Trinajstić information content (AvgIpc) is 2.15. The molecule has 0 aliphatic rings. The van der Waals surface area contributed by atoms with Crippen LogP contribution in [0.3, 0.4) is 0 Å². The summed E-state index contributed by atoms with van der Waals surface area (Å²) in [5, 5.41) is 0. The van der Waals surface area contributed by atoms with Crippen LogP contribution in [0.2, 0.25) is 19.6 Å². The predicted molar refractivity (Wildman–Crippen MR) is 74.9 cm³/mol. The van der Waals surface area contributed by atoms with E-state index in [-0.39, 0.29) is 18.4 Å². The van der Waals surface area contributed by atoms with Crippen molar-refractivity contribution in [3.05, 3.63) is 29.8 Å². The van der Waals surface area contributed by atoms with Crippen LogP contribution in [-0.2, 0) is 0 Å². The molecular weight excluding hydrogens is 238 g/mol. The fourth-order valence-electron chi connectivity index (χ4n) is 1.37. The fourth-order valence-corrected chi connectivity index (χ4v) is 2.22. The second-order valence-electron chi connectivity index (χ2n) is 4.80. The molecule has 16 heavy (non-hydrogen) atoms. The minimum atomic E-state index is -1.48. The van der Waals surface area contributed by atoms with E-state index < -0.39 is 8.32 Å². The van der Waals surface area contributed by atoms with E-state index >= 15 is 0 Å². The van der Waals surface area contributed by atoms with Gasteiger partial charge in [-0.3, -0.25) is 0 Å². The molecule has 1 aromatic carbocycles. The Labute approximate surface area is 106 Å². The van der Waals surface area contributed by atoms with Crippen LogP contribution in [0.25, 0.3) is 0 Å². The number of halogens is 1. The first-order valence-corrected chi connectivity index (χ1v) is 8.88. The standard InChI is InChI=1S/C12H21NOSi.ClH/c1-5-12(13)10-6-8-11(9-7-10)14-15(2,3)4;/h6-9,12H,5,13H2,1-4H3;1H/t12-;/m0./s1. The first kappa shape index (κ1) is 15.5. The summed E-state index contributed by atoms with van der Waals surface area (Å²) in [5.74, 6) is 0.959. The molecule has 0 fully saturated rings. The molecule has 0 spiro atoms. The largest absolute Gasteiger partial charge is 0.544 e. The zero-order valence-corrected chi connectivity index (χ0v) is 12.3. The highest BCUT2D eigenvalue weighted by molar-refractivity contribution is 6.70. The van der Waals surface area contributed by atoms with Gasteiger partial charge in [0, 0.05) is 6.04 Å². The van der Waals surface area contributed by atoms with Gasteiger partial charge in [0.2, 0.25) is 8.32 Å². The Kier molecular flexibility index (Phi) is 6.08. The first-order valence-electron chi connectivity index (χ1n) is 5.47. The van der Waals surface area contributed by atoms with Crippen molar-refractivity contribution in [1.82, 2.24) is 0 Å². The molecule has 0 bridgehead atoms. The lowest BCUT2D eigenvalue weighted by Gasteiger charge is -2.19. The zero-order valence-electron chi connectivity index (χ0n) is 10.5. The summed E-state index contributed by atoms with van der Waals surface area (Å²) in [4.78, 5) is 0. The average molecular weight is 260 g/mol. The quantitative estimate of drug-likeness (QED) is 0.837. The normalized spacial score (nSPS) is 12.8. The highest BCUT2D eigenvalue weighted by atomic mass is 35.5. The van der Waals surface area contributed by atoms with Crippen LogP contribution in [0, 0.1) is 0 Å². The molecule has 0 heterocycles. The second-order valence-corrected chi connectivity index (χ2v) is 9.23. The smallest absolute Gasteiger partial charge is 0.242 e. The van der Waals surface area contributed by atoms with Gasteiger partial charge in [0.05, 0.1) is 0 Å². The molecule has 0 saturated heterocycles. The summed E-state index contributed by atoms with van der Waals surface area (Å²) in [6.07, 6.45) is 0.966. The number of nitrogens with two attached hydrogens (primary N) is 1. The van der Waals surface area contributed by atoms with E-state index in [0.29, 0.717) is 0 Å². The Morgan fingerprint density at radius 1 is 1.19 bits per heavy atom. The van der Waals surface area contributed by atoms with Crippen LogP contribution >= 0.6 is 12.4 Å². The van der Waals surface area contributed by atoms with Crippen molar-refractivity contribution in [1.29, 1.82) is 0 Å². The lowest BCUT2D eigenvalue weighted by Crippen LogP contribution is -2.29. The molecule has 2 N–H and O–H groups in total. The van der Waals surface area contributed by atoms with Gasteiger partial charge >= 0.3 is 0 Å². The minimum absolute atomic E-state index is 0. The summed E-state index contributed by atoms with van der Waals surface area (Å²) in [6, 6.07) is 8.30. The molecule has 1 atom stereocenters. The topological polar surface area (TPSA) is 35.2 Å². The van der Waals surface area contributed by atoms with Gasteiger partial charge in [0.25, 0.3) is 0 Å². The molecular formula is C12H22ClNOSi. The first-order chi connectivity index (χ1) is 6.92. The molecule has 0 aliphatic carbocycles. The predicted octanol–water partition coefficient (Wildman–Crippen LogP) is 3.73. The van der Waals surface area contributed by atoms with Crippen molar-refractivity contribution in [2.24, 2.45) is 5.73 Å². The number of rotatable bonds is 4. The summed E-state index contributed by atoms with van der Waals surface area (Å²) >= 11 is 0. The van der Waals surface area contributed by atoms with Gasteiger partial charge in [0.15, 0.2) is 0 Å².